The second kappa shape index (κ2) is 6.36. The van der Waals surface area contributed by atoms with Gasteiger partial charge in [0.1, 0.15) is 5.75 Å². The van der Waals surface area contributed by atoms with E-state index in [0.717, 1.165) is 16.9 Å². The van der Waals surface area contributed by atoms with Gasteiger partial charge in [-0.3, -0.25) is 4.99 Å². The van der Waals surface area contributed by atoms with Gasteiger partial charge < -0.3 is 10.5 Å². The van der Waals surface area contributed by atoms with Crippen molar-refractivity contribution in [2.24, 2.45) is 10.7 Å². The number of nitrogens with zero attached hydrogens (tertiary/aromatic N) is 1. The lowest BCUT2D eigenvalue weighted by Gasteiger charge is -2.14. The van der Waals surface area contributed by atoms with Gasteiger partial charge in [0.05, 0.1) is 6.10 Å². The molecule has 2 N–H and O–H groups in total. The molecule has 0 aromatic heterocycles. The highest BCUT2D eigenvalue weighted by Crippen LogP contribution is 2.24. The number of aliphatic imine (C=N–C) groups is 1. The van der Waals surface area contributed by atoms with Crippen LogP contribution in [0.5, 0.6) is 5.75 Å². The van der Waals surface area contributed by atoms with Gasteiger partial charge in [0.25, 0.3) is 0 Å². The summed E-state index contributed by atoms with van der Waals surface area (Å²) >= 11 is 0. The Labute approximate surface area is 114 Å². The van der Waals surface area contributed by atoms with Gasteiger partial charge in [-0.15, -0.1) is 0 Å². The largest absolute Gasteiger partial charge is 0.491 e. The third-order valence-corrected chi connectivity index (χ3v) is 2.76. The van der Waals surface area contributed by atoms with Crippen LogP contribution in [0.25, 0.3) is 5.70 Å². The van der Waals surface area contributed by atoms with E-state index >= 15 is 0 Å². The maximum Gasteiger partial charge on any atom is 0.213 e. The average molecular weight is 264 g/mol. The molecule has 0 aliphatic rings. The number of aryl methyl sites for hydroxylation is 1. The number of ether oxygens (including phenoxy) is 1. The minimum Gasteiger partial charge on any atom is -0.491 e. The molecule has 0 saturated carbocycles. The minimum absolute atomic E-state index is 0.115. The van der Waals surface area contributed by atoms with Crippen molar-refractivity contribution in [2.75, 3.05) is 7.05 Å². The molecule has 4 heteroatoms. The van der Waals surface area contributed by atoms with Crippen LogP contribution in [-0.2, 0) is 0 Å². The fourth-order valence-electron chi connectivity index (χ4n) is 1.70. The number of hydrogen-bond donors (Lipinski definition) is 1. The molecule has 0 unspecified atom stereocenters. The Balaban J connectivity index is 3.14. The Kier molecular flexibility index (Phi) is 5.10. The Morgan fingerprint density at radius 2 is 2.00 bits per heavy atom. The predicted octanol–water partition coefficient (Wildman–Crippen LogP) is 3.47. The highest BCUT2D eigenvalue weighted by molar-refractivity contribution is 5.99. The maximum absolute atomic E-state index is 13.4. The van der Waals surface area contributed by atoms with Crippen molar-refractivity contribution in [1.29, 1.82) is 0 Å². The van der Waals surface area contributed by atoms with Crippen LogP contribution in [0, 0.1) is 6.92 Å². The van der Waals surface area contributed by atoms with Crippen LogP contribution >= 0.6 is 0 Å². The van der Waals surface area contributed by atoms with Gasteiger partial charge in [0.2, 0.25) is 5.97 Å². The topological polar surface area (TPSA) is 47.6 Å². The van der Waals surface area contributed by atoms with E-state index in [0.29, 0.717) is 11.3 Å². The van der Waals surface area contributed by atoms with E-state index in [1.165, 1.54) is 7.05 Å². The zero-order valence-corrected chi connectivity index (χ0v) is 12.1. The standard InChI is InChI=1S/C15H21FN2O/c1-9(2)19-13-7-6-12(8-10(13)3)14(17)11(4)15(16)18-5/h6-9H,17H2,1-5H3. The molecule has 0 aliphatic carbocycles. The van der Waals surface area contributed by atoms with Crippen molar-refractivity contribution in [3.63, 3.8) is 0 Å². The lowest BCUT2D eigenvalue weighted by molar-refractivity contribution is 0.241. The van der Waals surface area contributed by atoms with Crippen LogP contribution in [0.1, 0.15) is 31.9 Å². The lowest BCUT2D eigenvalue weighted by atomic mass is 10.0. The van der Waals surface area contributed by atoms with E-state index < -0.39 is 5.97 Å². The molecule has 0 heterocycles. The first kappa shape index (κ1) is 15.2. The molecule has 0 fully saturated rings. The Morgan fingerprint density at radius 3 is 2.47 bits per heavy atom. The van der Waals surface area contributed by atoms with Crippen molar-refractivity contribution < 1.29 is 9.13 Å². The van der Waals surface area contributed by atoms with Crippen LogP contribution in [0.4, 0.5) is 4.39 Å². The first-order chi connectivity index (χ1) is 8.86. The second-order valence-electron chi connectivity index (χ2n) is 4.70. The van der Waals surface area contributed by atoms with Crippen molar-refractivity contribution in [3.8, 4) is 5.75 Å². The van der Waals surface area contributed by atoms with Gasteiger partial charge in [-0.25, -0.2) is 0 Å². The highest BCUT2D eigenvalue weighted by atomic mass is 19.1. The molecule has 1 rings (SSSR count). The molecule has 0 amide bonds. The summed E-state index contributed by atoms with van der Waals surface area (Å²) in [5.74, 6) is 0.270. The number of halogens is 1. The molecular weight excluding hydrogens is 243 g/mol. The van der Waals surface area contributed by atoms with Crippen LogP contribution in [0.2, 0.25) is 0 Å². The lowest BCUT2D eigenvalue weighted by Crippen LogP contribution is -2.08. The summed E-state index contributed by atoms with van der Waals surface area (Å²) in [4.78, 5) is 3.50. The van der Waals surface area contributed by atoms with E-state index in [1.807, 2.05) is 39.0 Å². The van der Waals surface area contributed by atoms with E-state index in [9.17, 15) is 4.39 Å². The van der Waals surface area contributed by atoms with Gasteiger partial charge in [-0.1, -0.05) is 0 Å². The summed E-state index contributed by atoms with van der Waals surface area (Å²) in [6.45, 7) is 7.50. The molecule has 19 heavy (non-hydrogen) atoms. The minimum atomic E-state index is -0.544. The molecule has 0 aliphatic heterocycles. The average Bonchev–Trinajstić information content (AvgIpc) is 2.38. The van der Waals surface area contributed by atoms with Crippen molar-refractivity contribution >= 4 is 11.7 Å². The molecule has 104 valence electrons. The summed E-state index contributed by atoms with van der Waals surface area (Å²) in [7, 11) is 1.40. The van der Waals surface area contributed by atoms with Gasteiger partial charge in [0.15, 0.2) is 0 Å². The summed E-state index contributed by atoms with van der Waals surface area (Å²) in [5, 5.41) is 0. The van der Waals surface area contributed by atoms with E-state index in [2.05, 4.69) is 4.99 Å². The fourth-order valence-corrected chi connectivity index (χ4v) is 1.70. The van der Waals surface area contributed by atoms with Crippen LogP contribution in [-0.4, -0.2) is 19.1 Å². The second-order valence-corrected chi connectivity index (χ2v) is 4.70. The first-order valence-electron chi connectivity index (χ1n) is 6.23. The van der Waals surface area contributed by atoms with Crippen LogP contribution in [0.3, 0.4) is 0 Å². The van der Waals surface area contributed by atoms with Crippen LogP contribution in [0.15, 0.2) is 28.8 Å². The smallest absolute Gasteiger partial charge is 0.213 e. The molecule has 3 nitrogen and oxygen atoms in total. The number of hydrogen-bond acceptors (Lipinski definition) is 3. The molecule has 1 aromatic carbocycles. The number of allylic oxidation sites excluding steroid dienone is 1. The fraction of sp³-hybridized carbons (Fsp3) is 0.400. The van der Waals surface area contributed by atoms with E-state index in [1.54, 1.807) is 6.92 Å². The number of benzene rings is 1. The molecule has 0 radical (unpaired) electrons. The summed E-state index contributed by atoms with van der Waals surface area (Å²) < 4.78 is 19.1. The zero-order chi connectivity index (χ0) is 14.6. The normalized spacial score (nSPS) is 13.5. The number of rotatable bonds is 4. The quantitative estimate of drug-likeness (QED) is 0.846. The molecule has 0 bridgehead atoms. The maximum atomic E-state index is 13.4. The van der Waals surface area contributed by atoms with Gasteiger partial charge in [-0.2, -0.15) is 4.39 Å². The third kappa shape index (κ3) is 3.81. The Hall–Kier alpha value is -1.84. The van der Waals surface area contributed by atoms with Crippen molar-refractivity contribution in [3.05, 3.63) is 34.9 Å². The van der Waals surface area contributed by atoms with E-state index in [-0.39, 0.29) is 6.10 Å². The molecule has 0 saturated heterocycles. The first-order valence-corrected chi connectivity index (χ1v) is 6.23. The van der Waals surface area contributed by atoms with E-state index in [4.69, 9.17) is 10.5 Å². The highest BCUT2D eigenvalue weighted by Gasteiger charge is 2.09. The van der Waals surface area contributed by atoms with Crippen molar-refractivity contribution in [2.45, 2.75) is 33.8 Å². The van der Waals surface area contributed by atoms with Gasteiger partial charge in [-0.05, 0) is 57.0 Å². The molecule has 0 spiro atoms. The van der Waals surface area contributed by atoms with Crippen LogP contribution < -0.4 is 10.5 Å². The molecule has 0 atom stereocenters. The number of nitrogens with two attached hydrogens (primary N) is 1. The summed E-state index contributed by atoms with van der Waals surface area (Å²) in [6, 6.07) is 5.57. The van der Waals surface area contributed by atoms with Crippen molar-refractivity contribution in [1.82, 2.24) is 0 Å². The Bertz CT molecular complexity index is 519. The predicted molar refractivity (Wildman–Crippen MR) is 78.2 cm³/mol. The molecule has 1 aromatic rings. The van der Waals surface area contributed by atoms with Gasteiger partial charge >= 0.3 is 0 Å². The summed E-state index contributed by atoms with van der Waals surface area (Å²) in [5.41, 5.74) is 8.43. The molecular formula is C15H21FN2O. The Morgan fingerprint density at radius 1 is 1.37 bits per heavy atom. The zero-order valence-electron chi connectivity index (χ0n) is 12.1. The SMILES string of the molecule is CN=C(F)C(C)=C(N)c1ccc(OC(C)C)c(C)c1. The summed E-state index contributed by atoms with van der Waals surface area (Å²) in [6.07, 6.45) is 0.115. The van der Waals surface area contributed by atoms with Gasteiger partial charge in [0, 0.05) is 18.3 Å². The monoisotopic (exact) mass is 264 g/mol. The third-order valence-electron chi connectivity index (χ3n) is 2.76.